The highest BCUT2D eigenvalue weighted by molar-refractivity contribution is 5.97. The average Bonchev–Trinajstić information content (AvgIpc) is 3.29. The van der Waals surface area contributed by atoms with Crippen molar-refractivity contribution in [2.24, 2.45) is 5.92 Å². The van der Waals surface area contributed by atoms with Gasteiger partial charge in [0.15, 0.2) is 0 Å². The van der Waals surface area contributed by atoms with Gasteiger partial charge in [-0.2, -0.15) is 0 Å². The van der Waals surface area contributed by atoms with Gasteiger partial charge in [0.25, 0.3) is 5.91 Å². The van der Waals surface area contributed by atoms with E-state index in [1.165, 1.54) is 6.20 Å². The Bertz CT molecular complexity index is 838. The van der Waals surface area contributed by atoms with Crippen molar-refractivity contribution in [1.29, 1.82) is 0 Å². The summed E-state index contributed by atoms with van der Waals surface area (Å²) in [6, 6.07) is 9.29. The number of piperidine rings is 1. The van der Waals surface area contributed by atoms with Crippen LogP contribution in [-0.2, 0) is 6.54 Å². The fraction of sp³-hybridized carbons (Fsp3) is 0.478. The minimum absolute atomic E-state index is 0.0662. The Labute approximate surface area is 171 Å². The van der Waals surface area contributed by atoms with Crippen LogP contribution in [0.4, 0.5) is 4.39 Å². The van der Waals surface area contributed by atoms with Crippen LogP contribution < -0.4 is 4.74 Å². The van der Waals surface area contributed by atoms with E-state index in [1.54, 1.807) is 12.3 Å². The first-order valence-electron chi connectivity index (χ1n) is 10.5. The lowest BCUT2D eigenvalue weighted by Gasteiger charge is -2.32. The number of carbonyl (C=O) groups excluding carboxylic acids is 1. The minimum atomic E-state index is -0.250. The summed E-state index contributed by atoms with van der Waals surface area (Å²) in [4.78, 5) is 20.8. The molecule has 0 spiro atoms. The third-order valence-electron chi connectivity index (χ3n) is 5.84. The van der Waals surface area contributed by atoms with Gasteiger partial charge in [-0.25, -0.2) is 4.39 Å². The number of carbonyl (C=O) groups is 1. The molecule has 2 aromatic rings. The van der Waals surface area contributed by atoms with Gasteiger partial charge < -0.3 is 9.64 Å². The van der Waals surface area contributed by atoms with E-state index in [9.17, 15) is 9.18 Å². The maximum atomic E-state index is 13.9. The molecule has 1 aromatic heterocycles. The topological polar surface area (TPSA) is 45.7 Å². The highest BCUT2D eigenvalue weighted by Crippen LogP contribution is 2.25. The normalized spacial score (nSPS) is 20.0. The van der Waals surface area contributed by atoms with E-state index in [0.717, 1.165) is 51.9 Å². The quantitative estimate of drug-likeness (QED) is 0.745. The van der Waals surface area contributed by atoms with Gasteiger partial charge in [-0.3, -0.25) is 14.7 Å². The number of amides is 1. The van der Waals surface area contributed by atoms with Crippen molar-refractivity contribution >= 4 is 5.91 Å². The number of hydrogen-bond donors (Lipinski definition) is 0. The molecule has 3 heterocycles. The van der Waals surface area contributed by atoms with Crippen LogP contribution in [0.3, 0.4) is 0 Å². The number of pyridine rings is 1. The molecule has 154 valence electrons. The largest absolute Gasteiger partial charge is 0.492 e. The molecule has 0 bridgehead atoms. The van der Waals surface area contributed by atoms with E-state index in [-0.39, 0.29) is 11.7 Å². The second-order valence-corrected chi connectivity index (χ2v) is 8.02. The molecule has 2 aliphatic heterocycles. The molecule has 0 radical (unpaired) electrons. The molecule has 1 unspecified atom stereocenters. The van der Waals surface area contributed by atoms with Crippen LogP contribution in [0.1, 0.15) is 41.6 Å². The van der Waals surface area contributed by atoms with Crippen molar-refractivity contribution in [1.82, 2.24) is 14.8 Å². The zero-order valence-corrected chi connectivity index (χ0v) is 16.7. The fourth-order valence-electron chi connectivity index (χ4n) is 4.27. The molecule has 0 saturated carbocycles. The van der Waals surface area contributed by atoms with Crippen molar-refractivity contribution in [3.05, 3.63) is 59.7 Å². The van der Waals surface area contributed by atoms with E-state index in [0.29, 0.717) is 35.9 Å². The average molecular weight is 397 g/mol. The van der Waals surface area contributed by atoms with Gasteiger partial charge in [-0.1, -0.05) is 12.1 Å². The summed E-state index contributed by atoms with van der Waals surface area (Å²) < 4.78 is 20.0. The first kappa shape index (κ1) is 19.8. The molecule has 0 N–H and O–H groups in total. The number of benzene rings is 1. The van der Waals surface area contributed by atoms with Crippen LogP contribution in [0.25, 0.3) is 0 Å². The number of aromatic nitrogens is 1. The lowest BCUT2D eigenvalue weighted by molar-refractivity contribution is 0.0784. The number of hydrogen-bond acceptors (Lipinski definition) is 4. The third kappa shape index (κ3) is 4.93. The molecular weight excluding hydrogens is 369 g/mol. The second kappa shape index (κ2) is 9.35. The summed E-state index contributed by atoms with van der Waals surface area (Å²) in [5.74, 6) is 0.849. The van der Waals surface area contributed by atoms with Crippen molar-refractivity contribution in [3.8, 4) is 5.75 Å². The lowest BCUT2D eigenvalue weighted by atomic mass is 9.98. The number of halogens is 1. The van der Waals surface area contributed by atoms with Gasteiger partial charge >= 0.3 is 0 Å². The standard InChI is InChI=1S/C23H28FN3O2/c24-21-14-25-10-9-19(21)16-26-11-5-6-18(15-26)17-29-22-8-2-1-7-20(22)23(28)27-12-3-4-13-27/h1-2,7-10,14,18H,3-6,11-13,15-17H2. The Morgan fingerprint density at radius 2 is 1.97 bits per heavy atom. The summed E-state index contributed by atoms with van der Waals surface area (Å²) >= 11 is 0. The van der Waals surface area contributed by atoms with Gasteiger partial charge in [0, 0.05) is 43.9 Å². The summed E-state index contributed by atoms with van der Waals surface area (Å²) in [7, 11) is 0. The number of para-hydroxylation sites is 1. The SMILES string of the molecule is O=C(c1ccccc1OCC1CCCN(Cc2ccncc2F)C1)N1CCCC1. The van der Waals surface area contributed by atoms with E-state index in [1.807, 2.05) is 29.2 Å². The Kier molecular flexibility index (Phi) is 6.39. The molecule has 2 fully saturated rings. The molecule has 29 heavy (non-hydrogen) atoms. The highest BCUT2D eigenvalue weighted by Gasteiger charge is 2.24. The lowest BCUT2D eigenvalue weighted by Crippen LogP contribution is -2.37. The van der Waals surface area contributed by atoms with Crippen LogP contribution in [0.5, 0.6) is 5.75 Å². The molecule has 6 heteroatoms. The molecule has 2 aliphatic rings. The van der Waals surface area contributed by atoms with Crippen LogP contribution >= 0.6 is 0 Å². The summed E-state index contributed by atoms with van der Waals surface area (Å²) in [5.41, 5.74) is 1.34. The Morgan fingerprint density at radius 3 is 2.79 bits per heavy atom. The van der Waals surface area contributed by atoms with Gasteiger partial charge in [-0.15, -0.1) is 0 Å². The van der Waals surface area contributed by atoms with E-state index in [4.69, 9.17) is 4.74 Å². The van der Waals surface area contributed by atoms with Gasteiger partial charge in [0.1, 0.15) is 11.6 Å². The highest BCUT2D eigenvalue weighted by atomic mass is 19.1. The zero-order chi connectivity index (χ0) is 20.1. The maximum absolute atomic E-state index is 13.9. The van der Waals surface area contributed by atoms with E-state index >= 15 is 0 Å². The minimum Gasteiger partial charge on any atom is -0.492 e. The Balaban J connectivity index is 1.35. The zero-order valence-electron chi connectivity index (χ0n) is 16.7. The number of likely N-dealkylation sites (tertiary alicyclic amines) is 2. The predicted molar refractivity (Wildman–Crippen MR) is 109 cm³/mol. The Morgan fingerprint density at radius 1 is 1.14 bits per heavy atom. The van der Waals surface area contributed by atoms with E-state index in [2.05, 4.69) is 9.88 Å². The summed E-state index contributed by atoms with van der Waals surface area (Å²) in [5, 5.41) is 0. The molecule has 1 amide bonds. The predicted octanol–water partition coefficient (Wildman–Crippen LogP) is 3.75. The smallest absolute Gasteiger partial charge is 0.257 e. The second-order valence-electron chi connectivity index (χ2n) is 8.02. The molecule has 4 rings (SSSR count). The molecule has 0 aliphatic carbocycles. The van der Waals surface area contributed by atoms with Crippen molar-refractivity contribution in [3.63, 3.8) is 0 Å². The number of rotatable bonds is 6. The molecule has 1 aromatic carbocycles. The molecule has 1 atom stereocenters. The van der Waals surface area contributed by atoms with Crippen molar-refractivity contribution in [2.75, 3.05) is 32.8 Å². The molecular formula is C23H28FN3O2. The van der Waals surface area contributed by atoms with Crippen LogP contribution in [-0.4, -0.2) is 53.5 Å². The number of ether oxygens (including phenoxy) is 1. The third-order valence-corrected chi connectivity index (χ3v) is 5.84. The molecule has 2 saturated heterocycles. The van der Waals surface area contributed by atoms with E-state index < -0.39 is 0 Å². The van der Waals surface area contributed by atoms with Crippen LogP contribution in [0.2, 0.25) is 0 Å². The first-order valence-corrected chi connectivity index (χ1v) is 10.5. The Hall–Kier alpha value is -2.47. The summed E-state index contributed by atoms with van der Waals surface area (Å²) in [6.07, 6.45) is 7.20. The number of nitrogens with zero attached hydrogens (tertiary/aromatic N) is 3. The van der Waals surface area contributed by atoms with Gasteiger partial charge in [0.05, 0.1) is 18.4 Å². The van der Waals surface area contributed by atoms with Crippen molar-refractivity contribution < 1.29 is 13.9 Å². The molecule has 5 nitrogen and oxygen atoms in total. The van der Waals surface area contributed by atoms with Crippen LogP contribution in [0.15, 0.2) is 42.7 Å². The maximum Gasteiger partial charge on any atom is 0.257 e. The van der Waals surface area contributed by atoms with Crippen LogP contribution in [0, 0.1) is 11.7 Å². The van der Waals surface area contributed by atoms with Gasteiger partial charge in [0.2, 0.25) is 0 Å². The summed E-state index contributed by atoms with van der Waals surface area (Å²) in [6.45, 7) is 4.65. The fourth-order valence-corrected chi connectivity index (χ4v) is 4.27. The van der Waals surface area contributed by atoms with Crippen molar-refractivity contribution in [2.45, 2.75) is 32.2 Å². The monoisotopic (exact) mass is 397 g/mol. The first-order chi connectivity index (χ1) is 14.2. The van der Waals surface area contributed by atoms with Gasteiger partial charge in [-0.05, 0) is 50.4 Å².